The van der Waals surface area contributed by atoms with Crippen LogP contribution in [-0.2, 0) is 4.79 Å². The Morgan fingerprint density at radius 1 is 1.29 bits per heavy atom. The molecule has 2 aromatic rings. The van der Waals surface area contributed by atoms with Crippen LogP contribution in [0.25, 0.3) is 0 Å². The van der Waals surface area contributed by atoms with Crippen LogP contribution < -0.4 is 10.1 Å². The highest BCUT2D eigenvalue weighted by Gasteiger charge is 2.10. The fourth-order valence-electron chi connectivity index (χ4n) is 1.81. The minimum Gasteiger partial charge on any atom is -0.493 e. The van der Waals surface area contributed by atoms with E-state index in [1.165, 1.54) is 0 Å². The Kier molecular flexibility index (Phi) is 5.58. The van der Waals surface area contributed by atoms with Crippen molar-refractivity contribution in [3.8, 4) is 5.75 Å². The Labute approximate surface area is 129 Å². The molecule has 0 aliphatic heterocycles. The number of nitrogens with zero attached hydrogens (tertiary/aromatic N) is 1. The average Bonchev–Trinajstić information content (AvgIpc) is 2.50. The van der Waals surface area contributed by atoms with Crippen LogP contribution in [0.5, 0.6) is 5.75 Å². The summed E-state index contributed by atoms with van der Waals surface area (Å²) in [6.07, 6.45) is 2.00. The van der Waals surface area contributed by atoms with Crippen molar-refractivity contribution in [1.29, 1.82) is 0 Å². The fourth-order valence-corrected chi connectivity index (χ4v) is 1.94. The number of carbonyl (C=O) groups excluding carboxylic acids is 1. The van der Waals surface area contributed by atoms with Crippen LogP contribution in [0.4, 0.5) is 0 Å². The van der Waals surface area contributed by atoms with Gasteiger partial charge in [-0.3, -0.25) is 9.78 Å². The Morgan fingerprint density at radius 2 is 2.05 bits per heavy atom. The molecule has 0 saturated carbocycles. The van der Waals surface area contributed by atoms with Crippen LogP contribution in [0.15, 0.2) is 48.7 Å². The molecule has 21 heavy (non-hydrogen) atoms. The Morgan fingerprint density at radius 3 is 2.71 bits per heavy atom. The van der Waals surface area contributed by atoms with Gasteiger partial charge in [0.25, 0.3) is 0 Å². The predicted octanol–water partition coefficient (Wildman–Crippen LogP) is 3.38. The topological polar surface area (TPSA) is 51.2 Å². The number of halogens is 1. The van der Waals surface area contributed by atoms with Crippen molar-refractivity contribution in [1.82, 2.24) is 10.3 Å². The molecule has 0 bridgehead atoms. The summed E-state index contributed by atoms with van der Waals surface area (Å²) in [5, 5.41) is 3.55. The number of ether oxygens (including phenoxy) is 1. The zero-order chi connectivity index (χ0) is 15.1. The number of amides is 1. The molecule has 1 unspecified atom stereocenters. The second-order valence-corrected chi connectivity index (χ2v) is 5.03. The zero-order valence-electron chi connectivity index (χ0n) is 11.8. The Bertz CT molecular complexity index is 573. The molecule has 0 saturated heterocycles. The highest BCUT2D eigenvalue weighted by Crippen LogP contribution is 2.15. The summed E-state index contributed by atoms with van der Waals surface area (Å²) in [7, 11) is 0. The SMILES string of the molecule is CC(NC(=O)CCOc1ccc(Cl)cc1)c1ccccn1. The number of rotatable bonds is 6. The fraction of sp³-hybridized carbons (Fsp3) is 0.250. The van der Waals surface area contributed by atoms with E-state index in [-0.39, 0.29) is 11.9 Å². The zero-order valence-corrected chi connectivity index (χ0v) is 12.5. The van der Waals surface area contributed by atoms with Crippen LogP contribution in [0.1, 0.15) is 25.1 Å². The molecule has 1 amide bonds. The van der Waals surface area contributed by atoms with E-state index < -0.39 is 0 Å². The molecule has 0 aliphatic carbocycles. The van der Waals surface area contributed by atoms with Crippen LogP contribution in [0, 0.1) is 0 Å². The van der Waals surface area contributed by atoms with Crippen molar-refractivity contribution in [3.63, 3.8) is 0 Å². The lowest BCUT2D eigenvalue weighted by molar-refractivity contribution is -0.122. The summed E-state index contributed by atoms with van der Waals surface area (Å²) >= 11 is 5.79. The van der Waals surface area contributed by atoms with Crippen molar-refractivity contribution < 1.29 is 9.53 Å². The molecule has 0 fully saturated rings. The predicted molar refractivity (Wildman–Crippen MR) is 82.4 cm³/mol. The average molecular weight is 305 g/mol. The molecule has 0 radical (unpaired) electrons. The first-order valence-corrected chi connectivity index (χ1v) is 7.11. The quantitative estimate of drug-likeness (QED) is 0.890. The lowest BCUT2D eigenvalue weighted by Gasteiger charge is -2.13. The molecular weight excluding hydrogens is 288 g/mol. The summed E-state index contributed by atoms with van der Waals surface area (Å²) < 4.78 is 5.48. The van der Waals surface area contributed by atoms with Crippen molar-refractivity contribution in [3.05, 3.63) is 59.4 Å². The maximum absolute atomic E-state index is 11.8. The second kappa shape index (κ2) is 7.64. The number of pyridine rings is 1. The van der Waals surface area contributed by atoms with Gasteiger partial charge in [-0.25, -0.2) is 0 Å². The van der Waals surface area contributed by atoms with Gasteiger partial charge in [-0.05, 0) is 43.3 Å². The van der Waals surface area contributed by atoms with Gasteiger partial charge in [0, 0.05) is 11.2 Å². The molecule has 0 spiro atoms. The first-order valence-electron chi connectivity index (χ1n) is 6.74. The van der Waals surface area contributed by atoms with E-state index in [4.69, 9.17) is 16.3 Å². The minimum absolute atomic E-state index is 0.0675. The van der Waals surface area contributed by atoms with E-state index in [9.17, 15) is 4.79 Å². The smallest absolute Gasteiger partial charge is 0.223 e. The van der Waals surface area contributed by atoms with E-state index in [1.807, 2.05) is 25.1 Å². The molecular formula is C16H17ClN2O2. The minimum atomic E-state index is -0.116. The van der Waals surface area contributed by atoms with Crippen molar-refractivity contribution in [2.75, 3.05) is 6.61 Å². The van der Waals surface area contributed by atoms with Crippen molar-refractivity contribution in [2.45, 2.75) is 19.4 Å². The lowest BCUT2D eigenvalue weighted by atomic mass is 10.2. The molecule has 5 heteroatoms. The number of benzene rings is 1. The first-order chi connectivity index (χ1) is 10.1. The number of aromatic nitrogens is 1. The highest BCUT2D eigenvalue weighted by molar-refractivity contribution is 6.30. The van der Waals surface area contributed by atoms with Gasteiger partial charge >= 0.3 is 0 Å². The Hall–Kier alpha value is -2.07. The van der Waals surface area contributed by atoms with Gasteiger partial charge in [-0.2, -0.15) is 0 Å². The maximum Gasteiger partial charge on any atom is 0.223 e. The second-order valence-electron chi connectivity index (χ2n) is 4.60. The van der Waals surface area contributed by atoms with E-state index >= 15 is 0 Å². The van der Waals surface area contributed by atoms with Crippen LogP contribution in [0.3, 0.4) is 0 Å². The van der Waals surface area contributed by atoms with Crippen LogP contribution in [0.2, 0.25) is 5.02 Å². The van der Waals surface area contributed by atoms with E-state index in [0.717, 1.165) is 5.69 Å². The van der Waals surface area contributed by atoms with Gasteiger partial charge in [-0.15, -0.1) is 0 Å². The number of hydrogen-bond donors (Lipinski definition) is 1. The van der Waals surface area contributed by atoms with Gasteiger partial charge in [0.1, 0.15) is 5.75 Å². The molecule has 1 heterocycles. The summed E-state index contributed by atoms with van der Waals surface area (Å²) in [6, 6.07) is 12.6. The van der Waals surface area contributed by atoms with E-state index in [0.29, 0.717) is 23.8 Å². The molecule has 1 atom stereocenters. The molecule has 2 rings (SSSR count). The standard InChI is InChI=1S/C16H17ClN2O2/c1-12(15-4-2-3-10-18-15)19-16(20)9-11-21-14-7-5-13(17)6-8-14/h2-8,10,12H,9,11H2,1H3,(H,19,20). The van der Waals surface area contributed by atoms with E-state index in [2.05, 4.69) is 10.3 Å². The molecule has 0 aliphatic rings. The monoisotopic (exact) mass is 304 g/mol. The van der Waals surface area contributed by atoms with Gasteiger partial charge in [0.15, 0.2) is 0 Å². The first kappa shape index (κ1) is 15.3. The van der Waals surface area contributed by atoms with Gasteiger partial charge in [-0.1, -0.05) is 17.7 Å². The number of nitrogens with one attached hydrogen (secondary N) is 1. The summed E-state index contributed by atoms with van der Waals surface area (Å²) in [5.74, 6) is 0.632. The third-order valence-electron chi connectivity index (χ3n) is 2.92. The third kappa shape index (κ3) is 5.08. The maximum atomic E-state index is 11.8. The van der Waals surface area contributed by atoms with Gasteiger partial charge in [0.05, 0.1) is 24.8 Å². The van der Waals surface area contributed by atoms with Crippen LogP contribution in [-0.4, -0.2) is 17.5 Å². The van der Waals surface area contributed by atoms with Gasteiger partial charge < -0.3 is 10.1 Å². The molecule has 4 nitrogen and oxygen atoms in total. The van der Waals surface area contributed by atoms with E-state index in [1.54, 1.807) is 30.5 Å². The van der Waals surface area contributed by atoms with Crippen LogP contribution >= 0.6 is 11.6 Å². The lowest BCUT2D eigenvalue weighted by Crippen LogP contribution is -2.28. The summed E-state index contributed by atoms with van der Waals surface area (Å²) in [5.41, 5.74) is 0.837. The van der Waals surface area contributed by atoms with Gasteiger partial charge in [0.2, 0.25) is 5.91 Å². The number of hydrogen-bond acceptors (Lipinski definition) is 3. The largest absolute Gasteiger partial charge is 0.493 e. The highest BCUT2D eigenvalue weighted by atomic mass is 35.5. The Balaban J connectivity index is 1.73. The summed E-state index contributed by atoms with van der Waals surface area (Å²) in [4.78, 5) is 16.0. The van der Waals surface area contributed by atoms with Crippen molar-refractivity contribution >= 4 is 17.5 Å². The normalized spacial score (nSPS) is 11.7. The number of carbonyl (C=O) groups is 1. The molecule has 1 N–H and O–H groups in total. The molecule has 1 aromatic carbocycles. The molecule has 110 valence electrons. The summed E-state index contributed by atoms with van der Waals surface area (Å²) in [6.45, 7) is 2.22. The van der Waals surface area contributed by atoms with Crippen molar-refractivity contribution in [2.24, 2.45) is 0 Å². The third-order valence-corrected chi connectivity index (χ3v) is 3.17. The molecule has 1 aromatic heterocycles.